The van der Waals surface area contributed by atoms with E-state index in [0.717, 1.165) is 10.1 Å². The van der Waals surface area contributed by atoms with Gasteiger partial charge in [-0.25, -0.2) is 9.59 Å². The zero-order valence-corrected chi connectivity index (χ0v) is 13.9. The lowest BCUT2D eigenvalue weighted by molar-refractivity contribution is 0.678. The van der Waals surface area contributed by atoms with Gasteiger partial charge in [0.15, 0.2) is 5.56 Å². The first kappa shape index (κ1) is 16.3. The number of benzene rings is 1. The number of H-pyrrole nitrogens is 2. The Kier molecular flexibility index (Phi) is 3.81. The average molecular weight is 340 g/mol. The van der Waals surface area contributed by atoms with E-state index in [1.165, 1.54) is 18.7 Å². The molecule has 1 aromatic carbocycles. The van der Waals surface area contributed by atoms with E-state index in [4.69, 9.17) is 0 Å². The second-order valence-electron chi connectivity index (χ2n) is 5.79. The van der Waals surface area contributed by atoms with Crippen LogP contribution in [0.2, 0.25) is 0 Å². The number of nitriles is 1. The maximum atomic E-state index is 12.1. The van der Waals surface area contributed by atoms with Gasteiger partial charge in [0.05, 0.1) is 17.1 Å². The number of nitrogens with zero attached hydrogens (tertiary/aromatic N) is 3. The van der Waals surface area contributed by atoms with E-state index in [9.17, 15) is 19.6 Å². The number of imidazole rings is 1. The van der Waals surface area contributed by atoms with Gasteiger partial charge in [-0.1, -0.05) is 6.07 Å². The standard InChI is InChI=1S/C16H16N6O3/c1-8(9-4-5-11-12(6-9)20-15(24)19-11)18-13-10(7-17)14(23)22(3)16(25)21(13)2/h4-6,8,18H,1-3H3,(H2,19,20,24)/t8-/m0/s1. The monoisotopic (exact) mass is 340 g/mol. The van der Waals surface area contributed by atoms with Crippen molar-refractivity contribution in [2.75, 3.05) is 5.32 Å². The summed E-state index contributed by atoms with van der Waals surface area (Å²) in [5.74, 6) is 0.158. The Morgan fingerprint density at radius 1 is 1.12 bits per heavy atom. The van der Waals surface area contributed by atoms with E-state index >= 15 is 0 Å². The number of fused-ring (bicyclic) bond motifs is 1. The Balaban J connectivity index is 2.07. The Morgan fingerprint density at radius 2 is 1.80 bits per heavy atom. The summed E-state index contributed by atoms with van der Waals surface area (Å²) < 4.78 is 2.12. The van der Waals surface area contributed by atoms with Crippen LogP contribution in [-0.4, -0.2) is 19.1 Å². The number of nitrogens with one attached hydrogen (secondary N) is 3. The molecule has 0 saturated heterocycles. The molecule has 2 aromatic heterocycles. The Bertz CT molecular complexity index is 1190. The van der Waals surface area contributed by atoms with E-state index in [2.05, 4.69) is 15.3 Å². The van der Waals surface area contributed by atoms with Crippen LogP contribution in [0.4, 0.5) is 5.82 Å². The summed E-state index contributed by atoms with van der Waals surface area (Å²) >= 11 is 0. The molecule has 0 unspecified atom stereocenters. The van der Waals surface area contributed by atoms with Crippen LogP contribution in [0, 0.1) is 11.3 Å². The summed E-state index contributed by atoms with van der Waals surface area (Å²) in [5, 5.41) is 12.4. The van der Waals surface area contributed by atoms with Crippen molar-refractivity contribution >= 4 is 16.9 Å². The lowest BCUT2D eigenvalue weighted by atomic mass is 10.1. The van der Waals surface area contributed by atoms with Crippen LogP contribution in [0.25, 0.3) is 11.0 Å². The molecule has 0 radical (unpaired) electrons. The topological polar surface area (TPSA) is 128 Å². The van der Waals surface area contributed by atoms with Crippen LogP contribution in [0.1, 0.15) is 24.1 Å². The number of rotatable bonds is 3. The van der Waals surface area contributed by atoms with Crippen LogP contribution >= 0.6 is 0 Å². The minimum atomic E-state index is -0.647. The highest BCUT2D eigenvalue weighted by molar-refractivity contribution is 5.75. The van der Waals surface area contributed by atoms with Crippen LogP contribution < -0.4 is 22.3 Å². The number of aromatic amines is 2. The second-order valence-corrected chi connectivity index (χ2v) is 5.79. The summed E-state index contributed by atoms with van der Waals surface area (Å²) in [6.07, 6.45) is 0. The normalized spacial score (nSPS) is 12.1. The molecule has 0 saturated carbocycles. The number of hydrogen-bond acceptors (Lipinski definition) is 5. The smallest absolute Gasteiger partial charge is 0.332 e. The molecule has 0 aliphatic heterocycles. The number of hydrogen-bond donors (Lipinski definition) is 3. The zero-order valence-electron chi connectivity index (χ0n) is 13.9. The molecule has 3 aromatic rings. The van der Waals surface area contributed by atoms with Crippen LogP contribution in [0.15, 0.2) is 32.6 Å². The number of anilines is 1. The average Bonchev–Trinajstić information content (AvgIpc) is 2.97. The van der Waals surface area contributed by atoms with Gasteiger partial charge in [-0.15, -0.1) is 0 Å². The first-order valence-electron chi connectivity index (χ1n) is 7.52. The van der Waals surface area contributed by atoms with Gasteiger partial charge in [0, 0.05) is 14.1 Å². The fourth-order valence-corrected chi connectivity index (χ4v) is 2.72. The quantitative estimate of drug-likeness (QED) is 0.631. The first-order valence-corrected chi connectivity index (χ1v) is 7.52. The van der Waals surface area contributed by atoms with Crippen molar-refractivity contribution in [2.45, 2.75) is 13.0 Å². The molecule has 0 bridgehead atoms. The van der Waals surface area contributed by atoms with E-state index in [1.807, 2.05) is 19.1 Å². The fourth-order valence-electron chi connectivity index (χ4n) is 2.72. The van der Waals surface area contributed by atoms with E-state index in [-0.39, 0.29) is 23.1 Å². The maximum Gasteiger partial charge on any atom is 0.332 e. The van der Waals surface area contributed by atoms with Crippen LogP contribution in [-0.2, 0) is 14.1 Å². The third kappa shape index (κ3) is 2.63. The molecule has 9 nitrogen and oxygen atoms in total. The highest BCUT2D eigenvalue weighted by Crippen LogP contribution is 2.21. The van der Waals surface area contributed by atoms with Gasteiger partial charge in [0.1, 0.15) is 11.9 Å². The molecule has 0 aliphatic carbocycles. The van der Waals surface area contributed by atoms with Crippen molar-refractivity contribution in [3.05, 3.63) is 60.6 Å². The molecular formula is C16H16N6O3. The Labute approximate surface area is 141 Å². The van der Waals surface area contributed by atoms with Crippen molar-refractivity contribution in [2.24, 2.45) is 14.1 Å². The molecule has 3 N–H and O–H groups in total. The third-order valence-corrected chi connectivity index (χ3v) is 4.17. The molecule has 25 heavy (non-hydrogen) atoms. The van der Waals surface area contributed by atoms with Gasteiger partial charge >= 0.3 is 11.4 Å². The zero-order chi connectivity index (χ0) is 18.3. The van der Waals surface area contributed by atoms with Gasteiger partial charge in [0.25, 0.3) is 5.56 Å². The molecule has 0 spiro atoms. The Morgan fingerprint density at radius 3 is 2.48 bits per heavy atom. The first-order chi connectivity index (χ1) is 11.8. The van der Waals surface area contributed by atoms with Crippen LogP contribution in [0.3, 0.4) is 0 Å². The number of aromatic nitrogens is 4. The lowest BCUT2D eigenvalue weighted by Crippen LogP contribution is -2.40. The third-order valence-electron chi connectivity index (χ3n) is 4.17. The molecular weight excluding hydrogens is 324 g/mol. The summed E-state index contributed by atoms with van der Waals surface area (Å²) in [7, 11) is 2.82. The minimum absolute atomic E-state index is 0.132. The molecule has 0 fully saturated rings. The molecule has 2 heterocycles. The summed E-state index contributed by atoms with van der Waals surface area (Å²) in [4.78, 5) is 40.9. The highest BCUT2D eigenvalue weighted by atomic mass is 16.2. The van der Waals surface area contributed by atoms with Crippen molar-refractivity contribution in [3.63, 3.8) is 0 Å². The molecule has 3 rings (SSSR count). The highest BCUT2D eigenvalue weighted by Gasteiger charge is 2.18. The summed E-state index contributed by atoms with van der Waals surface area (Å²) in [6.45, 7) is 1.83. The minimum Gasteiger partial charge on any atom is -0.364 e. The molecule has 0 amide bonds. The molecule has 9 heteroatoms. The Hall–Kier alpha value is -3.54. The predicted molar refractivity (Wildman–Crippen MR) is 92.6 cm³/mol. The molecule has 1 atom stereocenters. The SMILES string of the molecule is C[C@H](Nc1c(C#N)c(=O)n(C)c(=O)n1C)c1ccc2[nH]c(=O)[nH]c2c1. The van der Waals surface area contributed by atoms with Crippen molar-refractivity contribution in [3.8, 4) is 6.07 Å². The van der Waals surface area contributed by atoms with E-state index < -0.39 is 11.2 Å². The lowest BCUT2D eigenvalue weighted by Gasteiger charge is -2.19. The summed E-state index contributed by atoms with van der Waals surface area (Å²) in [6, 6.07) is 6.90. The molecule has 128 valence electrons. The van der Waals surface area contributed by atoms with E-state index in [1.54, 1.807) is 12.1 Å². The van der Waals surface area contributed by atoms with Gasteiger partial charge in [-0.05, 0) is 24.6 Å². The predicted octanol–water partition coefficient (Wildman–Crippen LogP) is 0.298. The van der Waals surface area contributed by atoms with Crippen LogP contribution in [0.5, 0.6) is 0 Å². The second kappa shape index (κ2) is 5.83. The van der Waals surface area contributed by atoms with E-state index in [0.29, 0.717) is 11.0 Å². The van der Waals surface area contributed by atoms with Crippen molar-refractivity contribution < 1.29 is 0 Å². The van der Waals surface area contributed by atoms with Crippen molar-refractivity contribution in [1.82, 2.24) is 19.1 Å². The van der Waals surface area contributed by atoms with Crippen molar-refractivity contribution in [1.29, 1.82) is 5.26 Å². The summed E-state index contributed by atoms with van der Waals surface area (Å²) in [5.41, 5.74) is 0.546. The van der Waals surface area contributed by atoms with Gasteiger partial charge in [0.2, 0.25) is 0 Å². The fraction of sp³-hybridized carbons (Fsp3) is 0.250. The largest absolute Gasteiger partial charge is 0.364 e. The van der Waals surface area contributed by atoms with Gasteiger partial charge in [-0.3, -0.25) is 13.9 Å². The maximum absolute atomic E-state index is 12.1. The van der Waals surface area contributed by atoms with Gasteiger partial charge in [-0.2, -0.15) is 5.26 Å². The molecule has 0 aliphatic rings. The van der Waals surface area contributed by atoms with Gasteiger partial charge < -0.3 is 15.3 Å².